The quantitative estimate of drug-likeness (QED) is 0.702. The van der Waals surface area contributed by atoms with Crippen LogP contribution in [0.4, 0.5) is 0 Å². The lowest BCUT2D eigenvalue weighted by atomic mass is 10.0. The van der Waals surface area contributed by atoms with E-state index in [-0.39, 0.29) is 5.91 Å². The molecule has 0 bridgehead atoms. The van der Waals surface area contributed by atoms with Gasteiger partial charge in [0.25, 0.3) is 0 Å². The van der Waals surface area contributed by atoms with Gasteiger partial charge >= 0.3 is 0 Å². The average molecular weight is 349 g/mol. The Kier molecular flexibility index (Phi) is 5.16. The van der Waals surface area contributed by atoms with Gasteiger partial charge in [0.2, 0.25) is 17.6 Å². The molecule has 1 amide bonds. The Morgan fingerprint density at radius 2 is 1.77 bits per heavy atom. The van der Waals surface area contributed by atoms with E-state index in [1.807, 2.05) is 43.3 Å². The molecular weight excluding hydrogens is 326 g/mol. The third kappa shape index (κ3) is 4.17. The fourth-order valence-electron chi connectivity index (χ4n) is 2.65. The van der Waals surface area contributed by atoms with Gasteiger partial charge in [0.1, 0.15) is 0 Å². The molecule has 0 saturated heterocycles. The second kappa shape index (κ2) is 7.52. The molecule has 26 heavy (non-hydrogen) atoms. The van der Waals surface area contributed by atoms with E-state index in [1.54, 1.807) is 11.9 Å². The number of carbonyl (C=O) groups is 1. The number of likely N-dealkylation sites (N-methyl/N-ethyl adjacent to an activating group) is 1. The van der Waals surface area contributed by atoms with Crippen LogP contribution in [-0.2, 0) is 17.8 Å². The molecule has 0 aliphatic heterocycles. The van der Waals surface area contributed by atoms with E-state index in [0.29, 0.717) is 24.7 Å². The third-order valence-electron chi connectivity index (χ3n) is 4.50. The van der Waals surface area contributed by atoms with Crippen molar-refractivity contribution in [3.8, 4) is 11.4 Å². The first-order chi connectivity index (χ1) is 12.4. The summed E-state index contributed by atoms with van der Waals surface area (Å²) in [5, 5.41) is 4.01. The van der Waals surface area contributed by atoms with E-state index < -0.39 is 0 Å². The first-order valence-electron chi connectivity index (χ1n) is 8.62. The van der Waals surface area contributed by atoms with E-state index in [9.17, 15) is 4.79 Å². The highest BCUT2D eigenvalue weighted by atomic mass is 16.5. The lowest BCUT2D eigenvalue weighted by molar-refractivity contribution is -0.130. The predicted octanol–water partition coefficient (Wildman–Crippen LogP) is 3.86. The van der Waals surface area contributed by atoms with Crippen molar-refractivity contribution in [3.63, 3.8) is 0 Å². The molecule has 0 aliphatic rings. The Morgan fingerprint density at radius 1 is 1.04 bits per heavy atom. The number of hydrogen-bond donors (Lipinski definition) is 0. The lowest BCUT2D eigenvalue weighted by Crippen LogP contribution is -2.27. The van der Waals surface area contributed by atoms with Crippen LogP contribution in [0.2, 0.25) is 0 Å². The van der Waals surface area contributed by atoms with Crippen LogP contribution in [0.1, 0.15) is 28.1 Å². The maximum atomic E-state index is 12.5. The molecule has 0 N–H and O–H groups in total. The van der Waals surface area contributed by atoms with Crippen LogP contribution in [0.25, 0.3) is 11.4 Å². The van der Waals surface area contributed by atoms with Gasteiger partial charge in [-0.05, 0) is 37.5 Å². The monoisotopic (exact) mass is 349 g/mol. The molecule has 134 valence electrons. The van der Waals surface area contributed by atoms with Gasteiger partial charge in [0, 0.05) is 12.6 Å². The molecule has 0 atom stereocenters. The zero-order valence-electron chi connectivity index (χ0n) is 15.6. The van der Waals surface area contributed by atoms with Crippen molar-refractivity contribution in [1.82, 2.24) is 15.0 Å². The van der Waals surface area contributed by atoms with Gasteiger partial charge in [-0.3, -0.25) is 4.79 Å². The van der Waals surface area contributed by atoms with Gasteiger partial charge in [-0.1, -0.05) is 53.2 Å². The number of carbonyl (C=O) groups excluding carboxylic acids is 1. The molecule has 2 aromatic carbocycles. The molecule has 0 radical (unpaired) electrons. The highest BCUT2D eigenvalue weighted by Crippen LogP contribution is 2.17. The molecule has 0 saturated carbocycles. The smallest absolute Gasteiger partial charge is 0.246 e. The van der Waals surface area contributed by atoms with Crippen molar-refractivity contribution in [2.75, 3.05) is 7.05 Å². The minimum Gasteiger partial charge on any atom is -0.337 e. The second-order valence-corrected chi connectivity index (χ2v) is 6.72. The number of benzene rings is 2. The van der Waals surface area contributed by atoms with Crippen LogP contribution >= 0.6 is 0 Å². The van der Waals surface area contributed by atoms with Crippen molar-refractivity contribution in [2.24, 2.45) is 0 Å². The third-order valence-corrected chi connectivity index (χ3v) is 4.50. The lowest BCUT2D eigenvalue weighted by Gasteiger charge is -2.15. The zero-order valence-corrected chi connectivity index (χ0v) is 15.6. The Hall–Kier alpha value is -2.95. The Bertz CT molecular complexity index is 913. The summed E-state index contributed by atoms with van der Waals surface area (Å²) < 4.78 is 5.30. The topological polar surface area (TPSA) is 59.2 Å². The maximum Gasteiger partial charge on any atom is 0.246 e. The molecule has 0 spiro atoms. The number of aryl methyl sites for hydroxylation is 3. The largest absolute Gasteiger partial charge is 0.337 e. The second-order valence-electron chi connectivity index (χ2n) is 6.72. The number of rotatable bonds is 5. The summed E-state index contributed by atoms with van der Waals surface area (Å²) >= 11 is 0. The van der Waals surface area contributed by atoms with Crippen LogP contribution in [0.3, 0.4) is 0 Å². The van der Waals surface area contributed by atoms with Gasteiger partial charge in [-0.25, -0.2) is 0 Å². The molecule has 1 heterocycles. The van der Waals surface area contributed by atoms with Crippen molar-refractivity contribution < 1.29 is 9.32 Å². The first-order valence-corrected chi connectivity index (χ1v) is 8.62. The standard InChI is InChI=1S/C21H23N3O2/c1-14-5-9-18(10-6-14)21-22-19(26-23-21)13-24(4)20(25)12-17-8-7-15(2)16(3)11-17/h5-11H,12-13H2,1-4H3. The van der Waals surface area contributed by atoms with E-state index in [1.165, 1.54) is 16.7 Å². The minimum atomic E-state index is 0.0170. The van der Waals surface area contributed by atoms with Gasteiger partial charge in [-0.15, -0.1) is 0 Å². The first kappa shape index (κ1) is 17.9. The molecule has 0 fully saturated rings. The summed E-state index contributed by atoms with van der Waals surface area (Å²) in [5.41, 5.74) is 5.50. The van der Waals surface area contributed by atoms with E-state index in [4.69, 9.17) is 4.52 Å². The maximum absolute atomic E-state index is 12.5. The predicted molar refractivity (Wildman–Crippen MR) is 101 cm³/mol. The van der Waals surface area contributed by atoms with Crippen LogP contribution < -0.4 is 0 Å². The summed E-state index contributed by atoms with van der Waals surface area (Å²) in [7, 11) is 1.75. The molecule has 3 aromatic rings. The summed E-state index contributed by atoms with van der Waals surface area (Å²) in [6.45, 7) is 6.44. The molecular formula is C21H23N3O2. The van der Waals surface area contributed by atoms with Crippen LogP contribution in [-0.4, -0.2) is 28.0 Å². The molecule has 3 rings (SSSR count). The van der Waals surface area contributed by atoms with Gasteiger partial charge in [0.15, 0.2) is 0 Å². The Labute approximate surface area is 153 Å². The average Bonchev–Trinajstić information content (AvgIpc) is 3.07. The van der Waals surface area contributed by atoms with Crippen LogP contribution in [0.5, 0.6) is 0 Å². The van der Waals surface area contributed by atoms with Crippen molar-refractivity contribution in [1.29, 1.82) is 0 Å². The van der Waals surface area contributed by atoms with Crippen LogP contribution in [0, 0.1) is 20.8 Å². The highest BCUT2D eigenvalue weighted by Gasteiger charge is 2.15. The Balaban J connectivity index is 1.64. The van der Waals surface area contributed by atoms with Gasteiger partial charge in [-0.2, -0.15) is 4.98 Å². The molecule has 5 heteroatoms. The van der Waals surface area contributed by atoms with Gasteiger partial charge < -0.3 is 9.42 Å². The van der Waals surface area contributed by atoms with Crippen molar-refractivity contribution in [3.05, 3.63) is 70.6 Å². The van der Waals surface area contributed by atoms with Gasteiger partial charge in [0.05, 0.1) is 13.0 Å². The molecule has 5 nitrogen and oxygen atoms in total. The molecule has 0 aliphatic carbocycles. The summed E-state index contributed by atoms with van der Waals surface area (Å²) in [6, 6.07) is 14.0. The minimum absolute atomic E-state index is 0.0170. The number of nitrogens with zero attached hydrogens (tertiary/aromatic N) is 3. The molecule has 1 aromatic heterocycles. The summed E-state index contributed by atoms with van der Waals surface area (Å²) in [6.07, 6.45) is 0.358. The normalized spacial score (nSPS) is 10.8. The van der Waals surface area contributed by atoms with E-state index >= 15 is 0 Å². The fourth-order valence-corrected chi connectivity index (χ4v) is 2.65. The Morgan fingerprint density at radius 3 is 2.46 bits per heavy atom. The highest BCUT2D eigenvalue weighted by molar-refractivity contribution is 5.78. The number of amides is 1. The zero-order chi connectivity index (χ0) is 18.7. The van der Waals surface area contributed by atoms with Crippen molar-refractivity contribution >= 4 is 5.91 Å². The van der Waals surface area contributed by atoms with Crippen molar-refractivity contribution in [2.45, 2.75) is 33.7 Å². The number of hydrogen-bond acceptors (Lipinski definition) is 4. The van der Waals surface area contributed by atoms with E-state index in [2.05, 4.69) is 30.1 Å². The van der Waals surface area contributed by atoms with Crippen LogP contribution in [0.15, 0.2) is 47.0 Å². The summed E-state index contributed by atoms with van der Waals surface area (Å²) in [4.78, 5) is 18.5. The fraction of sp³-hybridized carbons (Fsp3) is 0.286. The SMILES string of the molecule is Cc1ccc(-c2noc(CN(C)C(=O)Cc3ccc(C)c(C)c3)n2)cc1. The number of aromatic nitrogens is 2. The molecule has 0 unspecified atom stereocenters. The summed E-state index contributed by atoms with van der Waals surface area (Å²) in [5.74, 6) is 0.981. The van der Waals surface area contributed by atoms with E-state index in [0.717, 1.165) is 11.1 Å².